The average Bonchev–Trinajstić information content (AvgIpc) is 3.79. The van der Waals surface area contributed by atoms with Crippen molar-refractivity contribution < 1.29 is 47.9 Å². The van der Waals surface area contributed by atoms with E-state index in [4.69, 9.17) is 4.74 Å². The quantitative estimate of drug-likeness (QED) is 0.214. The Labute approximate surface area is 378 Å². The number of hydrogen-bond acceptors (Lipinski definition) is 11. The Morgan fingerprint density at radius 2 is 1.09 bits per heavy atom. The van der Waals surface area contributed by atoms with E-state index < -0.39 is 29.5 Å². The first-order valence-corrected chi connectivity index (χ1v) is 22.9. The lowest BCUT2D eigenvalue weighted by molar-refractivity contribution is -0.138. The van der Waals surface area contributed by atoms with Crippen LogP contribution in [0.1, 0.15) is 130 Å². The molecule has 18 heteroatoms. The van der Waals surface area contributed by atoms with E-state index in [-0.39, 0.29) is 67.5 Å². The van der Waals surface area contributed by atoms with Crippen LogP contribution >= 0.6 is 0 Å². The summed E-state index contributed by atoms with van der Waals surface area (Å²) in [6, 6.07) is 9.07. The van der Waals surface area contributed by atoms with E-state index in [1.54, 1.807) is 41.3 Å². The maximum atomic E-state index is 13.0. The maximum Gasteiger partial charge on any atom is 0.410 e. The van der Waals surface area contributed by atoms with Gasteiger partial charge in [-0.3, -0.25) is 49.0 Å². The van der Waals surface area contributed by atoms with E-state index in [9.17, 15) is 43.2 Å². The predicted octanol–water partition coefficient (Wildman–Crippen LogP) is 3.98. The molecule has 2 aromatic carbocycles. The smallest absolute Gasteiger partial charge is 0.410 e. The van der Waals surface area contributed by atoms with Crippen LogP contribution in [0.2, 0.25) is 0 Å². The number of fused-ring (bicyclic) bond motifs is 2. The van der Waals surface area contributed by atoms with Crippen LogP contribution in [0.15, 0.2) is 36.4 Å². The molecule has 5 N–H and O–H groups in total. The van der Waals surface area contributed by atoms with E-state index in [0.29, 0.717) is 85.1 Å². The van der Waals surface area contributed by atoms with Crippen LogP contribution in [0.25, 0.3) is 0 Å². The van der Waals surface area contributed by atoms with Crippen molar-refractivity contribution in [1.82, 2.24) is 30.7 Å². The lowest BCUT2D eigenvalue weighted by atomic mass is 9.92. The summed E-state index contributed by atoms with van der Waals surface area (Å²) in [5.41, 5.74) is 3.07. The molecule has 6 aliphatic rings. The summed E-state index contributed by atoms with van der Waals surface area (Å²) in [5.74, 6) is -1.30. The molecular weight excluding hydrogens is 837 g/mol. The van der Waals surface area contributed by atoms with Crippen molar-refractivity contribution >= 4 is 64.7 Å². The maximum absolute atomic E-state index is 13.0. The molecule has 65 heavy (non-hydrogen) atoms. The molecule has 0 radical (unpaired) electrons. The number of nitrogens with one attached hydrogen (secondary N) is 5. The van der Waals surface area contributed by atoms with Gasteiger partial charge >= 0.3 is 6.09 Å². The highest BCUT2D eigenvalue weighted by atomic mass is 16.6. The third kappa shape index (κ3) is 11.6. The second-order valence-electron chi connectivity index (χ2n) is 18.7. The van der Waals surface area contributed by atoms with E-state index in [0.717, 1.165) is 50.8 Å². The van der Waals surface area contributed by atoms with Crippen LogP contribution in [0.3, 0.4) is 0 Å². The Morgan fingerprint density at radius 3 is 1.52 bits per heavy atom. The number of likely N-dealkylation sites (tertiary alicyclic amines) is 1. The van der Waals surface area contributed by atoms with Gasteiger partial charge in [0.1, 0.15) is 17.7 Å². The fourth-order valence-corrected chi connectivity index (χ4v) is 9.40. The molecule has 4 fully saturated rings. The van der Waals surface area contributed by atoms with Gasteiger partial charge in [-0.25, -0.2) is 4.79 Å². The number of carbonyl (C=O) groups is 9. The molecule has 0 saturated carbocycles. The van der Waals surface area contributed by atoms with Crippen LogP contribution in [0.4, 0.5) is 16.2 Å². The van der Waals surface area contributed by atoms with Crippen molar-refractivity contribution in [3.63, 3.8) is 0 Å². The van der Waals surface area contributed by atoms with Gasteiger partial charge in [0.15, 0.2) is 0 Å². The summed E-state index contributed by atoms with van der Waals surface area (Å²) < 4.78 is 5.44. The Hall–Kier alpha value is -6.17. The molecule has 2 unspecified atom stereocenters. The summed E-state index contributed by atoms with van der Waals surface area (Å²) >= 11 is 0. The number of ether oxygens (including phenoxy) is 1. The first kappa shape index (κ1) is 46.8. The van der Waals surface area contributed by atoms with E-state index in [1.165, 1.54) is 9.80 Å². The molecule has 8 rings (SSSR count). The molecule has 0 aliphatic carbocycles. The highest BCUT2D eigenvalue weighted by Gasteiger charge is 2.41. The molecule has 0 bridgehead atoms. The SMILES string of the molecule is CC(C)(C)OC(=O)N1CCC(CCC(=O)Nc2cccc3c2CN(C2CCC(=O)NC2=O)C3=O)CC1.O=C1CCC(N2Cc3c(NC(=O)CCC4CCNCC4)cccc3C2=O)C(=O)N1. The van der Waals surface area contributed by atoms with Crippen LogP contribution < -0.4 is 26.6 Å². The van der Waals surface area contributed by atoms with Gasteiger partial charge in [-0.2, -0.15) is 0 Å². The van der Waals surface area contributed by atoms with Crippen molar-refractivity contribution in [2.45, 2.75) is 129 Å². The fourth-order valence-electron chi connectivity index (χ4n) is 9.40. The van der Waals surface area contributed by atoms with E-state index in [2.05, 4.69) is 26.6 Å². The van der Waals surface area contributed by atoms with Crippen molar-refractivity contribution in [1.29, 1.82) is 0 Å². The Kier molecular flexibility index (Phi) is 14.6. The molecule has 18 nitrogen and oxygen atoms in total. The largest absolute Gasteiger partial charge is 0.444 e. The lowest BCUT2D eigenvalue weighted by Gasteiger charge is -2.33. The van der Waals surface area contributed by atoms with Crippen molar-refractivity contribution in [3.8, 4) is 0 Å². The van der Waals surface area contributed by atoms with Gasteiger partial charge in [0.2, 0.25) is 35.4 Å². The molecule has 2 aromatic rings. The number of rotatable bonds is 10. The average molecular weight is 897 g/mol. The first-order chi connectivity index (χ1) is 31.0. The van der Waals surface area contributed by atoms with Gasteiger partial charge in [0.25, 0.3) is 11.8 Å². The predicted molar refractivity (Wildman–Crippen MR) is 237 cm³/mol. The number of imide groups is 2. The van der Waals surface area contributed by atoms with Crippen LogP contribution in [0, 0.1) is 11.8 Å². The molecule has 348 valence electrons. The number of amides is 9. The van der Waals surface area contributed by atoms with E-state index >= 15 is 0 Å². The minimum absolute atomic E-state index is 0.0520. The zero-order valence-electron chi connectivity index (χ0n) is 37.4. The molecule has 6 aliphatic heterocycles. The van der Waals surface area contributed by atoms with Gasteiger partial charge < -0.3 is 35.4 Å². The van der Waals surface area contributed by atoms with Gasteiger partial charge in [-0.1, -0.05) is 12.1 Å². The third-order valence-corrected chi connectivity index (χ3v) is 13.0. The normalized spacial score (nSPS) is 21.5. The van der Waals surface area contributed by atoms with Gasteiger partial charge in [0.05, 0.1) is 0 Å². The first-order valence-electron chi connectivity index (χ1n) is 22.9. The molecule has 0 spiro atoms. The Balaban J connectivity index is 0.000000198. The summed E-state index contributed by atoms with van der Waals surface area (Å²) in [7, 11) is 0. The number of anilines is 2. The second kappa shape index (κ2) is 20.3. The van der Waals surface area contributed by atoms with Crippen molar-refractivity contribution in [2.24, 2.45) is 11.8 Å². The van der Waals surface area contributed by atoms with E-state index in [1.807, 2.05) is 20.8 Å². The zero-order chi connectivity index (χ0) is 46.4. The van der Waals surface area contributed by atoms with Crippen molar-refractivity contribution in [3.05, 3.63) is 58.7 Å². The summed E-state index contributed by atoms with van der Waals surface area (Å²) in [4.78, 5) is 115. The van der Waals surface area contributed by atoms with Gasteiger partial charge in [0, 0.05) is 85.5 Å². The highest BCUT2D eigenvalue weighted by Crippen LogP contribution is 2.34. The van der Waals surface area contributed by atoms with Crippen molar-refractivity contribution in [2.75, 3.05) is 36.8 Å². The molecular formula is C47H60N8O10. The van der Waals surface area contributed by atoms with Crippen LogP contribution in [-0.2, 0) is 46.6 Å². The minimum atomic E-state index is -0.697. The number of hydrogen-bond donors (Lipinski definition) is 5. The van der Waals surface area contributed by atoms with Crippen LogP contribution in [-0.4, -0.2) is 112 Å². The summed E-state index contributed by atoms with van der Waals surface area (Å²) in [6.07, 6.45) is 6.95. The number of piperidine rings is 4. The summed E-state index contributed by atoms with van der Waals surface area (Å²) in [6.45, 7) is 9.26. The molecule has 6 heterocycles. The lowest BCUT2D eigenvalue weighted by Crippen LogP contribution is -2.52. The van der Waals surface area contributed by atoms with Gasteiger partial charge in [-0.15, -0.1) is 0 Å². The van der Waals surface area contributed by atoms with Gasteiger partial charge in [-0.05, 0) is 121 Å². The zero-order valence-corrected chi connectivity index (χ0v) is 37.4. The number of carbonyl (C=O) groups excluding carboxylic acids is 9. The third-order valence-electron chi connectivity index (χ3n) is 13.0. The minimum Gasteiger partial charge on any atom is -0.444 e. The Bertz CT molecular complexity index is 2220. The number of benzene rings is 2. The molecule has 9 amide bonds. The standard InChI is InChI=1S/C26H34N4O6.C21H26N4O4/c1-26(2,3)36-25(35)29-13-11-16(12-14-29)7-9-21(31)27-19-6-4-5-17-18(19)15-30(24(17)34)20-8-10-22(32)28-23(20)33;26-18(6-4-13-8-10-22-11-9-13)23-16-3-1-2-14-15(16)12-25(21(14)29)17-5-7-19(27)24-20(17)28/h4-6,16,20H,7-15H2,1-3H3,(H,27,31)(H,28,32,33);1-3,13,17,22H,4-12H2,(H,23,26)(H,24,27,28). The topological polar surface area (TPSA) is 233 Å². The molecule has 2 atom stereocenters. The number of nitrogens with zero attached hydrogens (tertiary/aromatic N) is 3. The molecule has 4 saturated heterocycles. The second-order valence-corrected chi connectivity index (χ2v) is 18.7. The van der Waals surface area contributed by atoms with Crippen LogP contribution in [0.5, 0.6) is 0 Å². The monoisotopic (exact) mass is 896 g/mol. The highest BCUT2D eigenvalue weighted by molar-refractivity contribution is 6.08. The fraction of sp³-hybridized carbons (Fsp3) is 0.553. The summed E-state index contributed by atoms with van der Waals surface area (Å²) in [5, 5.41) is 13.8. The Morgan fingerprint density at radius 1 is 0.646 bits per heavy atom. The molecule has 0 aromatic heterocycles.